The number of carboxylic acids is 1. The molecule has 0 fully saturated rings. The minimum absolute atomic E-state index is 0.0203. The number of carbonyl (C=O) groups is 2. The predicted molar refractivity (Wildman–Crippen MR) is 80.7 cm³/mol. The number of carbonyl (C=O) groups excluding carboxylic acids is 1. The van der Waals surface area contributed by atoms with Crippen LogP contribution >= 0.6 is 31.9 Å². The Kier molecular flexibility index (Phi) is 6.30. The smallest absolute Gasteiger partial charge is 0.337 e. The van der Waals surface area contributed by atoms with E-state index in [1.165, 1.54) is 6.07 Å². The molecule has 1 rings (SSSR count). The molecule has 104 valence electrons. The van der Waals surface area contributed by atoms with Gasteiger partial charge in [-0.1, -0.05) is 29.3 Å². The van der Waals surface area contributed by atoms with Crippen molar-refractivity contribution in [3.05, 3.63) is 26.6 Å². The van der Waals surface area contributed by atoms with Crippen molar-refractivity contribution in [2.24, 2.45) is 0 Å². The SMILES string of the molecule is CCCCNC(=O)Nc1c(Br)cc(Br)cc1C(=O)O. The molecule has 0 unspecified atom stereocenters. The van der Waals surface area contributed by atoms with Gasteiger partial charge in [0.1, 0.15) is 0 Å². The molecule has 0 spiro atoms. The zero-order valence-corrected chi connectivity index (χ0v) is 13.5. The number of urea groups is 1. The maximum Gasteiger partial charge on any atom is 0.337 e. The molecule has 7 heteroatoms. The second-order valence-corrected chi connectivity index (χ2v) is 5.62. The Bertz CT molecular complexity index is 492. The van der Waals surface area contributed by atoms with Gasteiger partial charge in [-0.3, -0.25) is 0 Å². The highest BCUT2D eigenvalue weighted by Crippen LogP contribution is 2.30. The minimum atomic E-state index is -1.11. The van der Waals surface area contributed by atoms with Crippen LogP contribution in [-0.2, 0) is 0 Å². The van der Waals surface area contributed by atoms with Crippen LogP contribution < -0.4 is 10.6 Å². The third-order valence-corrected chi connectivity index (χ3v) is 3.42. The Morgan fingerprint density at radius 2 is 2.00 bits per heavy atom. The zero-order chi connectivity index (χ0) is 14.4. The highest BCUT2D eigenvalue weighted by Gasteiger charge is 2.16. The molecule has 19 heavy (non-hydrogen) atoms. The Balaban J connectivity index is 2.88. The molecule has 0 aromatic heterocycles. The molecular weight excluding hydrogens is 380 g/mol. The second-order valence-electron chi connectivity index (χ2n) is 3.85. The molecule has 0 saturated heterocycles. The number of carboxylic acid groups (broad SMARTS) is 1. The number of anilines is 1. The number of nitrogens with one attached hydrogen (secondary N) is 2. The average Bonchev–Trinajstić information content (AvgIpc) is 2.32. The summed E-state index contributed by atoms with van der Waals surface area (Å²) in [5.41, 5.74) is 0.261. The molecule has 2 amide bonds. The molecule has 0 aliphatic heterocycles. The maximum absolute atomic E-state index is 11.7. The molecule has 3 N–H and O–H groups in total. The molecular formula is C12H14Br2N2O3. The van der Waals surface area contributed by atoms with Gasteiger partial charge in [0.05, 0.1) is 11.3 Å². The van der Waals surface area contributed by atoms with Gasteiger partial charge in [-0.2, -0.15) is 0 Å². The zero-order valence-electron chi connectivity index (χ0n) is 10.3. The summed E-state index contributed by atoms with van der Waals surface area (Å²) >= 11 is 6.45. The topological polar surface area (TPSA) is 78.4 Å². The molecule has 1 aromatic rings. The lowest BCUT2D eigenvalue weighted by molar-refractivity contribution is 0.0698. The van der Waals surface area contributed by atoms with Gasteiger partial charge >= 0.3 is 12.0 Å². The van der Waals surface area contributed by atoms with Crippen molar-refractivity contribution in [2.75, 3.05) is 11.9 Å². The van der Waals surface area contributed by atoms with E-state index in [1.807, 2.05) is 6.92 Å². The number of rotatable bonds is 5. The van der Waals surface area contributed by atoms with E-state index in [4.69, 9.17) is 5.11 Å². The molecule has 0 aliphatic carbocycles. The van der Waals surface area contributed by atoms with Gasteiger partial charge in [0.25, 0.3) is 0 Å². The summed E-state index contributed by atoms with van der Waals surface area (Å²) in [5, 5.41) is 14.3. The fourth-order valence-electron chi connectivity index (χ4n) is 1.41. The van der Waals surface area contributed by atoms with Gasteiger partial charge in [0, 0.05) is 15.5 Å². The number of aromatic carboxylic acids is 1. The lowest BCUT2D eigenvalue weighted by atomic mass is 10.2. The fraction of sp³-hybridized carbons (Fsp3) is 0.333. The average molecular weight is 394 g/mol. The Hall–Kier alpha value is -1.08. The highest BCUT2D eigenvalue weighted by molar-refractivity contribution is 9.11. The van der Waals surface area contributed by atoms with Crippen molar-refractivity contribution >= 4 is 49.5 Å². The van der Waals surface area contributed by atoms with E-state index in [-0.39, 0.29) is 11.3 Å². The van der Waals surface area contributed by atoms with Crippen LogP contribution in [0.2, 0.25) is 0 Å². The molecule has 0 aliphatic rings. The number of amides is 2. The van der Waals surface area contributed by atoms with Gasteiger partial charge in [-0.15, -0.1) is 0 Å². The Morgan fingerprint density at radius 3 is 2.58 bits per heavy atom. The molecule has 0 atom stereocenters. The Labute approximate surface area is 128 Å². The second kappa shape index (κ2) is 7.49. The van der Waals surface area contributed by atoms with Crippen LogP contribution in [0.5, 0.6) is 0 Å². The Morgan fingerprint density at radius 1 is 1.32 bits per heavy atom. The summed E-state index contributed by atoms with van der Waals surface area (Å²) < 4.78 is 1.12. The number of hydrogen-bond acceptors (Lipinski definition) is 2. The summed E-state index contributed by atoms with van der Waals surface area (Å²) in [6.45, 7) is 2.58. The lowest BCUT2D eigenvalue weighted by Gasteiger charge is -2.12. The largest absolute Gasteiger partial charge is 0.478 e. The number of hydrogen-bond donors (Lipinski definition) is 3. The van der Waals surface area contributed by atoms with E-state index < -0.39 is 12.0 Å². The van der Waals surface area contributed by atoms with Crippen molar-refractivity contribution in [1.82, 2.24) is 5.32 Å². The van der Waals surface area contributed by atoms with Crippen LogP contribution in [0.3, 0.4) is 0 Å². The first-order chi connectivity index (χ1) is 8.95. The summed E-state index contributed by atoms with van der Waals surface area (Å²) in [6.07, 6.45) is 1.85. The van der Waals surface area contributed by atoms with Gasteiger partial charge in [0.15, 0.2) is 0 Å². The van der Waals surface area contributed by atoms with Crippen molar-refractivity contribution in [2.45, 2.75) is 19.8 Å². The van der Waals surface area contributed by atoms with Crippen LogP contribution in [-0.4, -0.2) is 23.7 Å². The van der Waals surface area contributed by atoms with Crippen molar-refractivity contribution in [3.63, 3.8) is 0 Å². The quantitative estimate of drug-likeness (QED) is 0.665. The molecule has 0 radical (unpaired) electrons. The van der Waals surface area contributed by atoms with Crippen LogP contribution in [0, 0.1) is 0 Å². The number of unbranched alkanes of at least 4 members (excludes halogenated alkanes) is 1. The van der Waals surface area contributed by atoms with Gasteiger partial charge in [-0.25, -0.2) is 9.59 Å². The van der Waals surface area contributed by atoms with E-state index in [2.05, 4.69) is 42.5 Å². The first kappa shape index (κ1) is 16.0. The van der Waals surface area contributed by atoms with E-state index in [1.54, 1.807) is 6.07 Å². The van der Waals surface area contributed by atoms with E-state index in [9.17, 15) is 9.59 Å². The summed E-state index contributed by atoms with van der Waals surface area (Å²) in [7, 11) is 0. The van der Waals surface area contributed by atoms with Gasteiger partial charge < -0.3 is 15.7 Å². The van der Waals surface area contributed by atoms with Crippen LogP contribution in [0.4, 0.5) is 10.5 Å². The summed E-state index contributed by atoms with van der Waals surface area (Å²) in [5.74, 6) is -1.11. The first-order valence-electron chi connectivity index (χ1n) is 5.73. The first-order valence-corrected chi connectivity index (χ1v) is 7.31. The van der Waals surface area contributed by atoms with Crippen molar-refractivity contribution in [3.8, 4) is 0 Å². The monoisotopic (exact) mass is 392 g/mol. The molecule has 0 saturated carbocycles. The third-order valence-electron chi connectivity index (χ3n) is 2.34. The standard InChI is InChI=1S/C12H14Br2N2O3/c1-2-3-4-15-12(19)16-10-8(11(17)18)5-7(13)6-9(10)14/h5-6H,2-4H2,1H3,(H,17,18)(H2,15,16,19). The molecule has 1 aromatic carbocycles. The van der Waals surface area contributed by atoms with E-state index >= 15 is 0 Å². The predicted octanol–water partition coefficient (Wildman–Crippen LogP) is 3.83. The number of halogens is 2. The molecule has 5 nitrogen and oxygen atoms in total. The van der Waals surface area contributed by atoms with Crippen LogP contribution in [0.15, 0.2) is 21.1 Å². The van der Waals surface area contributed by atoms with E-state index in [0.717, 1.165) is 12.8 Å². The van der Waals surface area contributed by atoms with E-state index in [0.29, 0.717) is 15.5 Å². The van der Waals surface area contributed by atoms with Crippen molar-refractivity contribution < 1.29 is 14.7 Å². The number of benzene rings is 1. The fourth-order valence-corrected chi connectivity index (χ4v) is 2.73. The molecule has 0 heterocycles. The maximum atomic E-state index is 11.7. The van der Waals surface area contributed by atoms with Crippen LogP contribution in [0.1, 0.15) is 30.1 Å². The van der Waals surface area contributed by atoms with Gasteiger partial charge in [0.2, 0.25) is 0 Å². The molecule has 0 bridgehead atoms. The minimum Gasteiger partial charge on any atom is -0.478 e. The summed E-state index contributed by atoms with van der Waals surface area (Å²) in [4.78, 5) is 22.8. The normalized spacial score (nSPS) is 10.1. The summed E-state index contributed by atoms with van der Waals surface area (Å²) in [6, 6.07) is 2.70. The highest BCUT2D eigenvalue weighted by atomic mass is 79.9. The third kappa shape index (κ3) is 4.83. The van der Waals surface area contributed by atoms with Gasteiger partial charge in [-0.05, 0) is 34.5 Å². The van der Waals surface area contributed by atoms with Crippen molar-refractivity contribution in [1.29, 1.82) is 0 Å². The lowest BCUT2D eigenvalue weighted by Crippen LogP contribution is -2.30. The van der Waals surface area contributed by atoms with Crippen LogP contribution in [0.25, 0.3) is 0 Å².